The van der Waals surface area contributed by atoms with E-state index in [1.807, 2.05) is 10.0 Å². The molecule has 4 nitrogen and oxygen atoms in total. The lowest BCUT2D eigenvalue weighted by molar-refractivity contribution is 0.151. The van der Waals surface area contributed by atoms with E-state index in [-0.39, 0.29) is 0 Å². The fourth-order valence-corrected chi connectivity index (χ4v) is 2.23. The molecular weight excluding hydrogens is 140 g/mol. The Morgan fingerprint density at radius 3 is 2.36 bits per heavy atom. The lowest BCUT2D eigenvalue weighted by atomic mass is 9.90. The van der Waals surface area contributed by atoms with Crippen LogP contribution in [0, 0.1) is 11.8 Å². The molecular formula is C7H16N4. The number of nitrogens with zero attached hydrogens (tertiary/aromatic N) is 2. The largest absolute Gasteiger partial charge is 0.269 e. The van der Waals surface area contributed by atoms with Crippen molar-refractivity contribution in [2.24, 2.45) is 23.5 Å². The van der Waals surface area contributed by atoms with Gasteiger partial charge in [0, 0.05) is 26.2 Å². The van der Waals surface area contributed by atoms with Gasteiger partial charge < -0.3 is 0 Å². The van der Waals surface area contributed by atoms with Crippen LogP contribution in [0.1, 0.15) is 6.42 Å². The molecule has 2 rings (SSSR count). The summed E-state index contributed by atoms with van der Waals surface area (Å²) in [6, 6.07) is 0. The molecule has 4 N–H and O–H groups in total. The first-order valence-electron chi connectivity index (χ1n) is 4.25. The summed E-state index contributed by atoms with van der Waals surface area (Å²) in [6.45, 7) is 4.16. The Hall–Kier alpha value is -0.160. The van der Waals surface area contributed by atoms with Gasteiger partial charge in [0.15, 0.2) is 0 Å². The number of hydrazine groups is 2. The smallest absolute Gasteiger partial charge is 0.0172 e. The molecule has 0 bridgehead atoms. The van der Waals surface area contributed by atoms with Crippen molar-refractivity contribution in [2.45, 2.75) is 6.42 Å². The normalized spacial score (nSPS) is 40.9. The predicted octanol–water partition coefficient (Wildman–Crippen LogP) is -1.01. The van der Waals surface area contributed by atoms with Crippen LogP contribution in [0.5, 0.6) is 0 Å². The third kappa shape index (κ3) is 1.39. The third-order valence-electron chi connectivity index (χ3n) is 2.86. The van der Waals surface area contributed by atoms with E-state index in [0.29, 0.717) is 0 Å². The summed E-state index contributed by atoms with van der Waals surface area (Å²) in [4.78, 5) is 0. The van der Waals surface area contributed by atoms with Crippen molar-refractivity contribution >= 4 is 0 Å². The number of hydrogen-bond acceptors (Lipinski definition) is 4. The molecule has 2 heterocycles. The Kier molecular flexibility index (Phi) is 1.85. The maximum Gasteiger partial charge on any atom is 0.0172 e. The second-order valence-corrected chi connectivity index (χ2v) is 3.76. The second-order valence-electron chi connectivity index (χ2n) is 3.76. The number of hydrogen-bond donors (Lipinski definition) is 2. The fraction of sp³-hybridized carbons (Fsp3) is 1.00. The van der Waals surface area contributed by atoms with Crippen LogP contribution in [-0.2, 0) is 0 Å². The Labute approximate surface area is 67.1 Å². The van der Waals surface area contributed by atoms with E-state index >= 15 is 0 Å². The van der Waals surface area contributed by atoms with E-state index in [2.05, 4.69) is 0 Å². The number of fused-ring (bicyclic) bond motifs is 1. The zero-order valence-electron chi connectivity index (χ0n) is 6.74. The first-order valence-corrected chi connectivity index (χ1v) is 4.25. The molecule has 2 atom stereocenters. The molecule has 0 amide bonds. The highest BCUT2D eigenvalue weighted by Crippen LogP contribution is 2.27. The summed E-state index contributed by atoms with van der Waals surface area (Å²) in [6.07, 6.45) is 1.22. The maximum absolute atomic E-state index is 5.71. The highest BCUT2D eigenvalue weighted by atomic mass is 15.4. The average Bonchev–Trinajstić information content (AvgIpc) is 2.27. The molecule has 0 saturated carbocycles. The van der Waals surface area contributed by atoms with Crippen molar-refractivity contribution in [1.29, 1.82) is 0 Å². The lowest BCUT2D eigenvalue weighted by Gasteiger charge is -2.30. The molecule has 4 heteroatoms. The summed E-state index contributed by atoms with van der Waals surface area (Å²) in [7, 11) is 0. The fourth-order valence-electron chi connectivity index (χ4n) is 2.23. The Morgan fingerprint density at radius 2 is 1.55 bits per heavy atom. The van der Waals surface area contributed by atoms with Crippen LogP contribution in [0.3, 0.4) is 0 Å². The van der Waals surface area contributed by atoms with Crippen molar-refractivity contribution in [3.63, 3.8) is 0 Å². The predicted molar refractivity (Wildman–Crippen MR) is 43.1 cm³/mol. The molecule has 2 unspecified atom stereocenters. The molecule has 0 radical (unpaired) electrons. The number of piperidine rings is 1. The van der Waals surface area contributed by atoms with Crippen molar-refractivity contribution < 1.29 is 0 Å². The summed E-state index contributed by atoms with van der Waals surface area (Å²) < 4.78 is 0. The van der Waals surface area contributed by atoms with Crippen LogP contribution in [-0.4, -0.2) is 36.2 Å². The van der Waals surface area contributed by atoms with Gasteiger partial charge in [-0.2, -0.15) is 0 Å². The van der Waals surface area contributed by atoms with Crippen LogP contribution in [0.2, 0.25) is 0 Å². The summed E-state index contributed by atoms with van der Waals surface area (Å²) in [5.74, 6) is 13.0. The molecule has 2 fully saturated rings. The molecule has 0 aromatic carbocycles. The van der Waals surface area contributed by atoms with Gasteiger partial charge in [-0.3, -0.25) is 11.7 Å². The molecule has 11 heavy (non-hydrogen) atoms. The quantitative estimate of drug-likeness (QED) is 0.441. The molecule has 0 spiro atoms. The average molecular weight is 156 g/mol. The van der Waals surface area contributed by atoms with Gasteiger partial charge in [0.1, 0.15) is 0 Å². The van der Waals surface area contributed by atoms with Crippen LogP contribution in [0.4, 0.5) is 0 Å². The van der Waals surface area contributed by atoms with Gasteiger partial charge in [0.2, 0.25) is 0 Å². The topological polar surface area (TPSA) is 58.5 Å². The minimum Gasteiger partial charge on any atom is -0.269 e. The summed E-state index contributed by atoms with van der Waals surface area (Å²) in [5.41, 5.74) is 0. The van der Waals surface area contributed by atoms with E-state index in [1.165, 1.54) is 6.42 Å². The van der Waals surface area contributed by atoms with Gasteiger partial charge in [-0.15, -0.1) is 0 Å². The van der Waals surface area contributed by atoms with E-state index in [4.69, 9.17) is 11.7 Å². The van der Waals surface area contributed by atoms with Gasteiger partial charge in [-0.25, -0.2) is 10.0 Å². The highest BCUT2D eigenvalue weighted by Gasteiger charge is 2.34. The number of nitrogens with two attached hydrogens (primary N) is 2. The van der Waals surface area contributed by atoms with Crippen LogP contribution in [0.25, 0.3) is 0 Å². The monoisotopic (exact) mass is 156 g/mol. The van der Waals surface area contributed by atoms with Crippen molar-refractivity contribution in [3.8, 4) is 0 Å². The Bertz CT molecular complexity index is 149. The number of rotatable bonds is 0. The first-order chi connectivity index (χ1) is 5.25. The molecule has 2 aliphatic heterocycles. The van der Waals surface area contributed by atoms with Crippen LogP contribution in [0.15, 0.2) is 0 Å². The minimum atomic E-state index is 0.721. The minimum absolute atomic E-state index is 0.721. The van der Waals surface area contributed by atoms with Gasteiger partial charge in [-0.05, 0) is 18.3 Å². The first kappa shape index (κ1) is 7.49. The summed E-state index contributed by atoms with van der Waals surface area (Å²) >= 11 is 0. The Balaban J connectivity index is 1.97. The molecule has 64 valence electrons. The van der Waals surface area contributed by atoms with Gasteiger partial charge in [0.05, 0.1) is 0 Å². The van der Waals surface area contributed by atoms with E-state index in [0.717, 1.165) is 38.0 Å². The van der Waals surface area contributed by atoms with E-state index in [9.17, 15) is 0 Å². The molecule has 0 aromatic heterocycles. The maximum atomic E-state index is 5.71. The zero-order chi connectivity index (χ0) is 7.84. The zero-order valence-corrected chi connectivity index (χ0v) is 6.74. The van der Waals surface area contributed by atoms with Gasteiger partial charge in [-0.1, -0.05) is 0 Å². The molecule has 2 aliphatic rings. The second kappa shape index (κ2) is 2.71. The van der Waals surface area contributed by atoms with Crippen molar-refractivity contribution in [1.82, 2.24) is 10.0 Å². The third-order valence-corrected chi connectivity index (χ3v) is 2.86. The van der Waals surface area contributed by atoms with Crippen molar-refractivity contribution in [2.75, 3.05) is 26.2 Å². The van der Waals surface area contributed by atoms with Gasteiger partial charge in [0.25, 0.3) is 0 Å². The molecule has 0 aromatic rings. The van der Waals surface area contributed by atoms with Crippen molar-refractivity contribution in [3.05, 3.63) is 0 Å². The standard InChI is InChI=1S/C7H16N4/c8-10-2-1-6-3-11(9)5-7(6)4-10/h6-7H,1-5,8-9H2. The molecule has 0 aliphatic carbocycles. The van der Waals surface area contributed by atoms with Crippen LogP contribution < -0.4 is 11.7 Å². The highest BCUT2D eigenvalue weighted by molar-refractivity contribution is 4.86. The lowest BCUT2D eigenvalue weighted by Crippen LogP contribution is -2.44. The SMILES string of the molecule is NN1CCC2CN(N)CC2C1. The van der Waals surface area contributed by atoms with E-state index < -0.39 is 0 Å². The Morgan fingerprint density at radius 1 is 0.909 bits per heavy atom. The van der Waals surface area contributed by atoms with Crippen LogP contribution >= 0.6 is 0 Å². The molecule has 2 saturated heterocycles. The van der Waals surface area contributed by atoms with E-state index in [1.54, 1.807) is 0 Å². The van der Waals surface area contributed by atoms with Gasteiger partial charge >= 0.3 is 0 Å². The summed E-state index contributed by atoms with van der Waals surface area (Å²) in [5, 5.41) is 3.84.